The lowest BCUT2D eigenvalue weighted by Gasteiger charge is -2.10. The summed E-state index contributed by atoms with van der Waals surface area (Å²) in [7, 11) is 0. The SMILES string of the molecule is Cc1oc2cc(O)cc(C)c2c(=O)c1Oc1ccccc1. The fourth-order valence-electron chi connectivity index (χ4n) is 2.32. The predicted octanol–water partition coefficient (Wildman–Crippen LogP) is 3.91. The lowest BCUT2D eigenvalue weighted by atomic mass is 10.1. The predicted molar refractivity (Wildman–Crippen MR) is 80.1 cm³/mol. The Morgan fingerprint density at radius 1 is 1.10 bits per heavy atom. The van der Waals surface area contributed by atoms with Gasteiger partial charge in [-0.15, -0.1) is 0 Å². The van der Waals surface area contributed by atoms with Gasteiger partial charge in [0.25, 0.3) is 0 Å². The molecular formula is C17H14O4. The van der Waals surface area contributed by atoms with Gasteiger partial charge in [0.15, 0.2) is 0 Å². The van der Waals surface area contributed by atoms with Crippen molar-refractivity contribution in [3.05, 3.63) is 64.0 Å². The maximum atomic E-state index is 12.6. The van der Waals surface area contributed by atoms with E-state index in [2.05, 4.69) is 0 Å². The van der Waals surface area contributed by atoms with Crippen LogP contribution in [0.5, 0.6) is 17.2 Å². The minimum Gasteiger partial charge on any atom is -0.508 e. The van der Waals surface area contributed by atoms with Crippen molar-refractivity contribution in [3.8, 4) is 17.2 Å². The summed E-state index contributed by atoms with van der Waals surface area (Å²) in [5.41, 5.74) is 0.766. The summed E-state index contributed by atoms with van der Waals surface area (Å²) in [6, 6.07) is 12.0. The third kappa shape index (κ3) is 2.36. The van der Waals surface area contributed by atoms with Gasteiger partial charge in [0, 0.05) is 6.07 Å². The van der Waals surface area contributed by atoms with Gasteiger partial charge in [-0.3, -0.25) is 4.79 Å². The smallest absolute Gasteiger partial charge is 0.235 e. The number of rotatable bonds is 2. The van der Waals surface area contributed by atoms with Crippen molar-refractivity contribution in [2.45, 2.75) is 13.8 Å². The molecule has 2 aromatic carbocycles. The highest BCUT2D eigenvalue weighted by molar-refractivity contribution is 5.83. The summed E-state index contributed by atoms with van der Waals surface area (Å²) >= 11 is 0. The van der Waals surface area contributed by atoms with E-state index in [4.69, 9.17) is 9.15 Å². The van der Waals surface area contributed by atoms with E-state index in [9.17, 15) is 9.90 Å². The van der Waals surface area contributed by atoms with Gasteiger partial charge in [-0.05, 0) is 37.6 Å². The van der Waals surface area contributed by atoms with Crippen LogP contribution in [0, 0.1) is 13.8 Å². The highest BCUT2D eigenvalue weighted by Gasteiger charge is 2.16. The van der Waals surface area contributed by atoms with E-state index in [-0.39, 0.29) is 16.9 Å². The maximum absolute atomic E-state index is 12.6. The zero-order valence-corrected chi connectivity index (χ0v) is 11.7. The number of phenols is 1. The standard InChI is InChI=1S/C17H14O4/c1-10-8-12(18)9-14-15(10)16(19)17(11(2)20-14)21-13-6-4-3-5-7-13/h3-9,18H,1-2H3. The van der Waals surface area contributed by atoms with Crippen molar-refractivity contribution >= 4 is 11.0 Å². The Hall–Kier alpha value is -2.75. The van der Waals surface area contributed by atoms with Crippen LogP contribution in [0.4, 0.5) is 0 Å². The molecule has 1 aromatic heterocycles. The second-order valence-electron chi connectivity index (χ2n) is 4.87. The van der Waals surface area contributed by atoms with Crippen LogP contribution in [0.2, 0.25) is 0 Å². The van der Waals surface area contributed by atoms with Gasteiger partial charge in [0.05, 0.1) is 5.39 Å². The molecule has 0 amide bonds. The average Bonchev–Trinajstić information content (AvgIpc) is 2.43. The van der Waals surface area contributed by atoms with E-state index in [0.717, 1.165) is 0 Å². The molecule has 0 spiro atoms. The van der Waals surface area contributed by atoms with E-state index in [1.165, 1.54) is 12.1 Å². The highest BCUT2D eigenvalue weighted by Crippen LogP contribution is 2.28. The molecule has 3 rings (SSSR count). The molecule has 0 aliphatic heterocycles. The molecular weight excluding hydrogens is 268 g/mol. The van der Waals surface area contributed by atoms with Gasteiger partial charge < -0.3 is 14.3 Å². The third-order valence-electron chi connectivity index (χ3n) is 3.26. The number of hydrogen-bond acceptors (Lipinski definition) is 4. The number of para-hydroxylation sites is 1. The second-order valence-corrected chi connectivity index (χ2v) is 4.87. The topological polar surface area (TPSA) is 59.7 Å². The molecule has 0 bridgehead atoms. The first-order valence-electron chi connectivity index (χ1n) is 6.56. The van der Waals surface area contributed by atoms with Crippen molar-refractivity contribution in [1.29, 1.82) is 0 Å². The fourth-order valence-corrected chi connectivity index (χ4v) is 2.32. The summed E-state index contributed by atoms with van der Waals surface area (Å²) in [5, 5.41) is 10.0. The number of phenolic OH excluding ortho intramolecular Hbond substituents is 1. The molecule has 21 heavy (non-hydrogen) atoms. The van der Waals surface area contributed by atoms with Crippen molar-refractivity contribution in [3.63, 3.8) is 0 Å². The Labute approximate surface area is 121 Å². The molecule has 0 atom stereocenters. The summed E-state index contributed by atoms with van der Waals surface area (Å²) in [6.07, 6.45) is 0. The second kappa shape index (κ2) is 4.98. The third-order valence-corrected chi connectivity index (χ3v) is 3.26. The lowest BCUT2D eigenvalue weighted by Crippen LogP contribution is -2.08. The monoisotopic (exact) mass is 282 g/mol. The molecule has 4 nitrogen and oxygen atoms in total. The molecule has 0 aliphatic rings. The van der Waals surface area contributed by atoms with E-state index in [1.807, 2.05) is 18.2 Å². The number of fused-ring (bicyclic) bond motifs is 1. The maximum Gasteiger partial charge on any atom is 0.235 e. The fraction of sp³-hybridized carbons (Fsp3) is 0.118. The first kappa shape index (κ1) is 13.2. The minimum absolute atomic E-state index is 0.0688. The van der Waals surface area contributed by atoms with E-state index < -0.39 is 0 Å². The summed E-state index contributed by atoms with van der Waals surface area (Å²) in [4.78, 5) is 12.6. The van der Waals surface area contributed by atoms with Gasteiger partial charge >= 0.3 is 0 Å². The van der Waals surface area contributed by atoms with Crippen molar-refractivity contribution < 1.29 is 14.3 Å². The quantitative estimate of drug-likeness (QED) is 0.774. The molecule has 4 heteroatoms. The number of aryl methyl sites for hydroxylation is 2. The van der Waals surface area contributed by atoms with Crippen LogP contribution in [0.3, 0.4) is 0 Å². The molecule has 0 saturated heterocycles. The van der Waals surface area contributed by atoms with E-state index in [0.29, 0.717) is 28.0 Å². The van der Waals surface area contributed by atoms with Crippen LogP contribution in [-0.4, -0.2) is 5.11 Å². The van der Waals surface area contributed by atoms with Crippen LogP contribution in [-0.2, 0) is 0 Å². The zero-order chi connectivity index (χ0) is 15.0. The summed E-state index contributed by atoms with van der Waals surface area (Å²) in [5.74, 6) is 1.19. The zero-order valence-electron chi connectivity index (χ0n) is 11.7. The molecule has 0 unspecified atom stereocenters. The summed E-state index contributed by atoms with van der Waals surface area (Å²) in [6.45, 7) is 3.42. The van der Waals surface area contributed by atoms with Crippen LogP contribution in [0.1, 0.15) is 11.3 Å². The van der Waals surface area contributed by atoms with Crippen LogP contribution in [0.15, 0.2) is 51.7 Å². The van der Waals surface area contributed by atoms with Crippen molar-refractivity contribution in [1.82, 2.24) is 0 Å². The Balaban J connectivity index is 2.22. The molecule has 0 aliphatic carbocycles. The normalized spacial score (nSPS) is 10.8. The Morgan fingerprint density at radius 3 is 2.52 bits per heavy atom. The van der Waals surface area contributed by atoms with Gasteiger partial charge in [0.1, 0.15) is 22.8 Å². The highest BCUT2D eigenvalue weighted by atomic mass is 16.5. The van der Waals surface area contributed by atoms with E-state index >= 15 is 0 Å². The molecule has 0 saturated carbocycles. The van der Waals surface area contributed by atoms with Gasteiger partial charge in [-0.2, -0.15) is 0 Å². The first-order valence-corrected chi connectivity index (χ1v) is 6.56. The first-order chi connectivity index (χ1) is 10.1. The summed E-state index contributed by atoms with van der Waals surface area (Å²) < 4.78 is 11.3. The largest absolute Gasteiger partial charge is 0.508 e. The van der Waals surface area contributed by atoms with Gasteiger partial charge in [-0.1, -0.05) is 18.2 Å². The number of benzene rings is 2. The van der Waals surface area contributed by atoms with Crippen molar-refractivity contribution in [2.75, 3.05) is 0 Å². The Morgan fingerprint density at radius 2 is 1.81 bits per heavy atom. The molecule has 1 heterocycles. The number of hydrogen-bond donors (Lipinski definition) is 1. The van der Waals surface area contributed by atoms with Gasteiger partial charge in [0.2, 0.25) is 11.2 Å². The van der Waals surface area contributed by atoms with Gasteiger partial charge in [-0.25, -0.2) is 0 Å². The Kier molecular flexibility index (Phi) is 3.14. The number of ether oxygens (including phenoxy) is 1. The van der Waals surface area contributed by atoms with Crippen LogP contribution < -0.4 is 10.2 Å². The molecule has 1 N–H and O–H groups in total. The van der Waals surface area contributed by atoms with Crippen LogP contribution in [0.25, 0.3) is 11.0 Å². The average molecular weight is 282 g/mol. The molecule has 3 aromatic rings. The lowest BCUT2D eigenvalue weighted by molar-refractivity contribution is 0.434. The molecule has 0 radical (unpaired) electrons. The minimum atomic E-state index is -0.241. The molecule has 106 valence electrons. The van der Waals surface area contributed by atoms with E-state index in [1.54, 1.807) is 26.0 Å². The van der Waals surface area contributed by atoms with Crippen molar-refractivity contribution in [2.24, 2.45) is 0 Å². The number of aromatic hydroxyl groups is 1. The van der Waals surface area contributed by atoms with Crippen LogP contribution >= 0.6 is 0 Å². The molecule has 0 fully saturated rings. The Bertz CT molecular complexity index is 863.